The van der Waals surface area contributed by atoms with Crippen LogP contribution in [0.5, 0.6) is 0 Å². The van der Waals surface area contributed by atoms with Gasteiger partial charge in [-0.1, -0.05) is 38.1 Å². The molecule has 0 fully saturated rings. The topological polar surface area (TPSA) is 64.3 Å². The molecule has 0 saturated heterocycles. The molecule has 0 unspecified atom stereocenters. The Bertz CT molecular complexity index is 697. The molecular weight excluding hydrogens is 256 g/mol. The lowest BCUT2D eigenvalue weighted by Crippen LogP contribution is -2.18. The molecule has 0 atom stereocenters. The predicted octanol–water partition coefficient (Wildman–Crippen LogP) is 2.89. The minimum Gasteiger partial charge on any atom is -0.449 e. The van der Waals surface area contributed by atoms with Gasteiger partial charge in [-0.15, -0.1) is 0 Å². The number of Topliss-reactive ketones (excluding diaryl/α,β-unsaturated/α-hetero) is 1. The molecule has 4 heteroatoms. The van der Waals surface area contributed by atoms with E-state index in [0.717, 1.165) is 0 Å². The van der Waals surface area contributed by atoms with E-state index in [1.54, 1.807) is 38.1 Å². The van der Waals surface area contributed by atoms with Crippen molar-refractivity contribution < 1.29 is 18.8 Å². The lowest BCUT2D eigenvalue weighted by molar-refractivity contribution is 0.0901. The maximum Gasteiger partial charge on any atom is 0.229 e. The van der Waals surface area contributed by atoms with Gasteiger partial charge in [0.05, 0.1) is 5.56 Å². The first-order valence-electron chi connectivity index (χ1n) is 6.37. The van der Waals surface area contributed by atoms with Gasteiger partial charge in [0.25, 0.3) is 0 Å². The number of hydrogen-bond acceptors (Lipinski definition) is 4. The van der Waals surface area contributed by atoms with Crippen LogP contribution in [0.1, 0.15) is 56.4 Å². The molecule has 4 nitrogen and oxygen atoms in total. The highest BCUT2D eigenvalue weighted by Crippen LogP contribution is 2.30. The van der Waals surface area contributed by atoms with E-state index in [0.29, 0.717) is 11.1 Å². The maximum absolute atomic E-state index is 12.3. The first-order chi connectivity index (χ1) is 9.50. The molecular formula is C16H12O4. The van der Waals surface area contributed by atoms with Crippen molar-refractivity contribution in [1.29, 1.82) is 0 Å². The van der Waals surface area contributed by atoms with Crippen LogP contribution in [0.15, 0.2) is 34.7 Å². The molecule has 2 aromatic rings. The number of fused-ring (bicyclic) bond motifs is 2. The summed E-state index contributed by atoms with van der Waals surface area (Å²) in [5.41, 5.74) is 0.856. The Morgan fingerprint density at radius 2 is 1.60 bits per heavy atom. The van der Waals surface area contributed by atoms with E-state index in [-0.39, 0.29) is 40.4 Å². The molecule has 0 N–H and O–H groups in total. The van der Waals surface area contributed by atoms with E-state index in [1.807, 2.05) is 0 Å². The van der Waals surface area contributed by atoms with Crippen LogP contribution in [0.3, 0.4) is 0 Å². The van der Waals surface area contributed by atoms with Crippen molar-refractivity contribution in [1.82, 2.24) is 0 Å². The highest BCUT2D eigenvalue weighted by atomic mass is 16.4. The average Bonchev–Trinajstić information content (AvgIpc) is 2.89. The molecule has 1 heterocycles. The highest BCUT2D eigenvalue weighted by molar-refractivity contribution is 6.27. The Balaban J connectivity index is 2.17. The Morgan fingerprint density at radius 1 is 1.00 bits per heavy atom. The summed E-state index contributed by atoms with van der Waals surface area (Å²) in [6, 6.07) is 7.97. The summed E-state index contributed by atoms with van der Waals surface area (Å²) in [6.45, 7) is 3.48. The van der Waals surface area contributed by atoms with Crippen LogP contribution in [-0.2, 0) is 0 Å². The Morgan fingerprint density at radius 3 is 2.20 bits per heavy atom. The molecule has 3 rings (SSSR count). The van der Waals surface area contributed by atoms with Crippen LogP contribution in [0.4, 0.5) is 0 Å². The molecule has 20 heavy (non-hydrogen) atoms. The van der Waals surface area contributed by atoms with E-state index in [2.05, 4.69) is 0 Å². The van der Waals surface area contributed by atoms with Gasteiger partial charge in [-0.3, -0.25) is 14.4 Å². The molecule has 0 spiro atoms. The summed E-state index contributed by atoms with van der Waals surface area (Å²) < 4.78 is 5.35. The summed E-state index contributed by atoms with van der Waals surface area (Å²) in [7, 11) is 0. The first kappa shape index (κ1) is 12.5. The van der Waals surface area contributed by atoms with Gasteiger partial charge in [0, 0.05) is 17.0 Å². The van der Waals surface area contributed by atoms with Crippen LogP contribution in [0.25, 0.3) is 0 Å². The van der Waals surface area contributed by atoms with Gasteiger partial charge in [-0.25, -0.2) is 0 Å². The Kier molecular flexibility index (Phi) is 2.67. The molecule has 1 aliphatic rings. The summed E-state index contributed by atoms with van der Waals surface area (Å²) in [4.78, 5) is 36.6. The second-order valence-electron chi connectivity index (χ2n) is 5.08. The zero-order chi connectivity index (χ0) is 14.4. The van der Waals surface area contributed by atoms with Gasteiger partial charge < -0.3 is 4.42 Å². The van der Waals surface area contributed by atoms with Gasteiger partial charge >= 0.3 is 0 Å². The van der Waals surface area contributed by atoms with Gasteiger partial charge in [0.15, 0.2) is 17.3 Å². The number of carbonyl (C=O) groups is 3. The van der Waals surface area contributed by atoms with E-state index in [1.165, 1.54) is 6.07 Å². The lowest BCUT2D eigenvalue weighted by atomic mass is 9.88. The number of furan rings is 1. The molecule has 0 aliphatic heterocycles. The van der Waals surface area contributed by atoms with Gasteiger partial charge in [0.2, 0.25) is 11.6 Å². The molecule has 1 aliphatic carbocycles. The molecule has 1 aromatic heterocycles. The minimum atomic E-state index is -0.349. The van der Waals surface area contributed by atoms with E-state index < -0.39 is 0 Å². The van der Waals surface area contributed by atoms with Crippen molar-refractivity contribution in [2.45, 2.75) is 13.8 Å². The quantitative estimate of drug-likeness (QED) is 0.670. The van der Waals surface area contributed by atoms with Crippen molar-refractivity contribution in [2.75, 3.05) is 0 Å². The van der Waals surface area contributed by atoms with Crippen molar-refractivity contribution >= 4 is 17.3 Å². The third-order valence-corrected chi connectivity index (χ3v) is 3.37. The SMILES string of the molecule is CC(C)C(=O)c1cc2c(o1)C(=O)c1ccccc1C2=O. The standard InChI is InChI=1S/C16H12O4/c1-8(2)13(17)12-7-11-14(18)9-5-3-4-6-10(9)15(19)16(11)20-12/h3-8H,1-2H3. The number of benzene rings is 1. The lowest BCUT2D eigenvalue weighted by Gasteiger charge is -2.11. The fraction of sp³-hybridized carbons (Fsp3) is 0.188. The van der Waals surface area contributed by atoms with E-state index >= 15 is 0 Å². The first-order valence-corrected chi connectivity index (χ1v) is 6.37. The predicted molar refractivity (Wildman–Crippen MR) is 71.2 cm³/mol. The minimum absolute atomic E-state index is 0.0299. The summed E-state index contributed by atoms with van der Waals surface area (Å²) in [5.74, 6) is -1.06. The third kappa shape index (κ3) is 1.65. The van der Waals surface area contributed by atoms with Crippen LogP contribution in [0, 0.1) is 5.92 Å². The zero-order valence-corrected chi connectivity index (χ0v) is 11.1. The number of ketones is 3. The molecule has 100 valence electrons. The van der Waals surface area contributed by atoms with Crippen molar-refractivity contribution in [3.63, 3.8) is 0 Å². The molecule has 0 amide bonds. The normalized spacial score (nSPS) is 13.3. The second-order valence-corrected chi connectivity index (χ2v) is 5.08. The summed E-state index contributed by atoms with van der Waals surface area (Å²) >= 11 is 0. The average molecular weight is 268 g/mol. The van der Waals surface area contributed by atoms with Crippen LogP contribution < -0.4 is 0 Å². The molecule has 0 bridgehead atoms. The molecule has 0 radical (unpaired) electrons. The molecule has 0 saturated carbocycles. The Hall–Kier alpha value is -2.49. The summed E-state index contributed by atoms with van der Waals surface area (Å²) in [5, 5.41) is 0. The van der Waals surface area contributed by atoms with Crippen molar-refractivity contribution in [3.05, 3.63) is 58.5 Å². The number of carbonyl (C=O) groups excluding carboxylic acids is 3. The van der Waals surface area contributed by atoms with Gasteiger partial charge in [0.1, 0.15) is 0 Å². The third-order valence-electron chi connectivity index (χ3n) is 3.37. The number of rotatable bonds is 2. The van der Waals surface area contributed by atoms with Crippen LogP contribution in [0.2, 0.25) is 0 Å². The van der Waals surface area contributed by atoms with Crippen LogP contribution >= 0.6 is 0 Å². The van der Waals surface area contributed by atoms with Gasteiger partial charge in [-0.2, -0.15) is 0 Å². The van der Waals surface area contributed by atoms with Crippen LogP contribution in [-0.4, -0.2) is 17.3 Å². The Labute approximate surface area is 115 Å². The van der Waals surface area contributed by atoms with E-state index in [4.69, 9.17) is 4.42 Å². The number of hydrogen-bond donors (Lipinski definition) is 0. The van der Waals surface area contributed by atoms with Crippen molar-refractivity contribution in [2.24, 2.45) is 5.92 Å². The fourth-order valence-electron chi connectivity index (χ4n) is 2.28. The van der Waals surface area contributed by atoms with Gasteiger partial charge in [-0.05, 0) is 6.07 Å². The zero-order valence-electron chi connectivity index (χ0n) is 11.1. The second kappa shape index (κ2) is 4.27. The highest BCUT2D eigenvalue weighted by Gasteiger charge is 2.34. The van der Waals surface area contributed by atoms with Crippen molar-refractivity contribution in [3.8, 4) is 0 Å². The smallest absolute Gasteiger partial charge is 0.229 e. The maximum atomic E-state index is 12.3. The summed E-state index contributed by atoms with van der Waals surface area (Å²) in [6.07, 6.45) is 0. The van der Waals surface area contributed by atoms with E-state index in [9.17, 15) is 14.4 Å². The fourth-order valence-corrected chi connectivity index (χ4v) is 2.28. The monoisotopic (exact) mass is 268 g/mol. The molecule has 1 aromatic carbocycles. The largest absolute Gasteiger partial charge is 0.449 e.